The summed E-state index contributed by atoms with van der Waals surface area (Å²) in [5.74, 6) is 0.326. The molecule has 2 aromatic carbocycles. The van der Waals surface area contributed by atoms with Gasteiger partial charge in [-0.3, -0.25) is 0 Å². The molecule has 2 aromatic rings. The number of hydrogen-bond acceptors (Lipinski definition) is 1. The minimum absolute atomic E-state index is 0.0491. The first-order chi connectivity index (χ1) is 8.59. The lowest BCUT2D eigenvalue weighted by Gasteiger charge is -2.22. The zero-order valence-electron chi connectivity index (χ0n) is 11.4. The van der Waals surface area contributed by atoms with E-state index in [2.05, 4.69) is 63.2 Å². The molecule has 2 atom stereocenters. The molecule has 1 heteroatoms. The van der Waals surface area contributed by atoms with Crippen molar-refractivity contribution < 1.29 is 0 Å². The zero-order chi connectivity index (χ0) is 13.1. The van der Waals surface area contributed by atoms with Crippen molar-refractivity contribution >= 4 is 0 Å². The van der Waals surface area contributed by atoms with E-state index in [9.17, 15) is 0 Å². The average Bonchev–Trinajstić information content (AvgIpc) is 2.38. The highest BCUT2D eigenvalue weighted by Crippen LogP contribution is 2.30. The third kappa shape index (κ3) is 2.62. The van der Waals surface area contributed by atoms with Gasteiger partial charge in [-0.1, -0.05) is 61.0 Å². The highest BCUT2D eigenvalue weighted by Gasteiger charge is 2.18. The Balaban J connectivity index is 2.28. The van der Waals surface area contributed by atoms with E-state index in [1.165, 1.54) is 22.3 Å². The molecule has 0 saturated carbocycles. The van der Waals surface area contributed by atoms with Crippen molar-refractivity contribution in [2.45, 2.75) is 32.7 Å². The number of hydrogen-bond donors (Lipinski definition) is 1. The first-order valence-electron chi connectivity index (χ1n) is 6.47. The first-order valence-corrected chi connectivity index (χ1v) is 6.47. The predicted molar refractivity (Wildman–Crippen MR) is 77.7 cm³/mol. The Kier molecular flexibility index (Phi) is 3.83. The first kappa shape index (κ1) is 12.8. The Morgan fingerprint density at radius 2 is 1.61 bits per heavy atom. The van der Waals surface area contributed by atoms with Crippen LogP contribution in [0.25, 0.3) is 0 Å². The molecule has 1 nitrogen and oxygen atoms in total. The van der Waals surface area contributed by atoms with E-state index in [4.69, 9.17) is 5.73 Å². The molecule has 0 aliphatic rings. The average molecular weight is 239 g/mol. The molecule has 0 spiro atoms. The van der Waals surface area contributed by atoms with Gasteiger partial charge in [0.15, 0.2) is 0 Å². The van der Waals surface area contributed by atoms with Crippen molar-refractivity contribution in [1.29, 1.82) is 0 Å². The van der Waals surface area contributed by atoms with Gasteiger partial charge in [0.25, 0.3) is 0 Å². The lowest BCUT2D eigenvalue weighted by atomic mass is 9.87. The second kappa shape index (κ2) is 5.36. The fourth-order valence-corrected chi connectivity index (χ4v) is 2.43. The summed E-state index contributed by atoms with van der Waals surface area (Å²) in [7, 11) is 0. The maximum atomic E-state index is 6.42. The Morgan fingerprint density at radius 1 is 0.944 bits per heavy atom. The van der Waals surface area contributed by atoms with Gasteiger partial charge in [0.2, 0.25) is 0 Å². The molecule has 0 fully saturated rings. The highest BCUT2D eigenvalue weighted by molar-refractivity contribution is 5.35. The largest absolute Gasteiger partial charge is 0.323 e. The van der Waals surface area contributed by atoms with Gasteiger partial charge < -0.3 is 5.73 Å². The van der Waals surface area contributed by atoms with Gasteiger partial charge in [-0.25, -0.2) is 0 Å². The topological polar surface area (TPSA) is 26.0 Å². The van der Waals surface area contributed by atoms with Crippen LogP contribution in [0, 0.1) is 13.8 Å². The van der Waals surface area contributed by atoms with Crippen LogP contribution in [-0.4, -0.2) is 0 Å². The van der Waals surface area contributed by atoms with Gasteiger partial charge in [0.05, 0.1) is 0 Å². The van der Waals surface area contributed by atoms with Gasteiger partial charge in [0.1, 0.15) is 0 Å². The minimum Gasteiger partial charge on any atom is -0.323 e. The van der Waals surface area contributed by atoms with Gasteiger partial charge >= 0.3 is 0 Å². The Hall–Kier alpha value is -1.60. The molecule has 0 amide bonds. The summed E-state index contributed by atoms with van der Waals surface area (Å²) >= 11 is 0. The van der Waals surface area contributed by atoms with E-state index in [0.29, 0.717) is 5.92 Å². The van der Waals surface area contributed by atoms with Crippen molar-refractivity contribution in [1.82, 2.24) is 0 Å². The van der Waals surface area contributed by atoms with Crippen LogP contribution in [0.2, 0.25) is 0 Å². The van der Waals surface area contributed by atoms with Crippen LogP contribution in [0.1, 0.15) is 41.1 Å². The molecule has 0 aliphatic carbocycles. The van der Waals surface area contributed by atoms with Crippen LogP contribution in [0.3, 0.4) is 0 Å². The molecule has 0 radical (unpaired) electrons. The van der Waals surface area contributed by atoms with E-state index in [1.54, 1.807) is 0 Å². The molecular formula is C17H21N. The van der Waals surface area contributed by atoms with Crippen LogP contribution in [0.4, 0.5) is 0 Å². The number of rotatable bonds is 3. The molecule has 0 aromatic heterocycles. The van der Waals surface area contributed by atoms with E-state index >= 15 is 0 Å². The molecule has 2 N–H and O–H groups in total. The summed E-state index contributed by atoms with van der Waals surface area (Å²) in [6, 6.07) is 17.0. The smallest absolute Gasteiger partial charge is 0.0364 e. The van der Waals surface area contributed by atoms with Crippen LogP contribution in [0.5, 0.6) is 0 Å². The van der Waals surface area contributed by atoms with Gasteiger partial charge in [-0.05, 0) is 30.5 Å². The normalized spacial score (nSPS) is 14.2. The predicted octanol–water partition coefficient (Wildman–Crippen LogP) is 4.11. The van der Waals surface area contributed by atoms with Crippen LogP contribution >= 0.6 is 0 Å². The molecule has 2 rings (SSSR count). The van der Waals surface area contributed by atoms with Crippen LogP contribution in [-0.2, 0) is 0 Å². The maximum Gasteiger partial charge on any atom is 0.0364 e. The SMILES string of the molecule is Cc1ccc(C(N)C(C)c2ccccc2)c(C)c1. The lowest BCUT2D eigenvalue weighted by Crippen LogP contribution is -2.18. The third-order valence-electron chi connectivity index (χ3n) is 3.65. The standard InChI is InChI=1S/C17H21N/c1-12-9-10-16(13(2)11-12)17(18)14(3)15-7-5-4-6-8-15/h4-11,14,17H,18H2,1-3H3. The third-order valence-corrected chi connectivity index (χ3v) is 3.65. The lowest BCUT2D eigenvalue weighted by molar-refractivity contribution is 0.595. The van der Waals surface area contributed by atoms with Crippen LogP contribution < -0.4 is 5.73 Å². The van der Waals surface area contributed by atoms with E-state index < -0.39 is 0 Å². The molecule has 2 unspecified atom stereocenters. The summed E-state index contributed by atoms with van der Waals surface area (Å²) in [5.41, 5.74) is 11.5. The Labute approximate surface area is 110 Å². The second-order valence-electron chi connectivity index (χ2n) is 5.09. The monoisotopic (exact) mass is 239 g/mol. The van der Waals surface area contributed by atoms with E-state index in [1.807, 2.05) is 6.07 Å². The summed E-state index contributed by atoms with van der Waals surface area (Å²) in [6.45, 7) is 6.45. The van der Waals surface area contributed by atoms with Gasteiger partial charge in [-0.15, -0.1) is 0 Å². The number of benzene rings is 2. The molecule has 0 aliphatic heterocycles. The van der Waals surface area contributed by atoms with Gasteiger partial charge in [-0.2, -0.15) is 0 Å². The molecule has 0 heterocycles. The zero-order valence-corrected chi connectivity index (χ0v) is 11.4. The number of aryl methyl sites for hydroxylation is 2. The number of nitrogens with two attached hydrogens (primary N) is 1. The second-order valence-corrected chi connectivity index (χ2v) is 5.09. The quantitative estimate of drug-likeness (QED) is 0.857. The highest BCUT2D eigenvalue weighted by atomic mass is 14.6. The molecule has 94 valence electrons. The Bertz CT molecular complexity index is 516. The Morgan fingerprint density at radius 3 is 2.22 bits per heavy atom. The van der Waals surface area contributed by atoms with Crippen molar-refractivity contribution in [3.05, 3.63) is 70.8 Å². The van der Waals surface area contributed by atoms with E-state index in [-0.39, 0.29) is 6.04 Å². The van der Waals surface area contributed by atoms with Gasteiger partial charge in [0, 0.05) is 12.0 Å². The minimum atomic E-state index is 0.0491. The fraction of sp³-hybridized carbons (Fsp3) is 0.294. The molecule has 0 saturated heterocycles. The fourth-order valence-electron chi connectivity index (χ4n) is 2.43. The summed E-state index contributed by atoms with van der Waals surface area (Å²) < 4.78 is 0. The van der Waals surface area contributed by atoms with Crippen molar-refractivity contribution in [3.8, 4) is 0 Å². The van der Waals surface area contributed by atoms with Crippen molar-refractivity contribution in [2.24, 2.45) is 5.73 Å². The molecule has 0 bridgehead atoms. The summed E-state index contributed by atoms with van der Waals surface area (Å²) in [4.78, 5) is 0. The van der Waals surface area contributed by atoms with E-state index in [0.717, 1.165) is 0 Å². The van der Waals surface area contributed by atoms with Crippen molar-refractivity contribution in [3.63, 3.8) is 0 Å². The summed E-state index contributed by atoms with van der Waals surface area (Å²) in [5, 5.41) is 0. The maximum absolute atomic E-state index is 6.42. The van der Waals surface area contributed by atoms with Crippen molar-refractivity contribution in [2.75, 3.05) is 0 Å². The molecule has 18 heavy (non-hydrogen) atoms. The van der Waals surface area contributed by atoms with Crippen LogP contribution in [0.15, 0.2) is 48.5 Å². The summed E-state index contributed by atoms with van der Waals surface area (Å²) in [6.07, 6.45) is 0. The molecular weight excluding hydrogens is 218 g/mol.